The number of oxime groups is 1. The van der Waals surface area contributed by atoms with E-state index in [0.717, 1.165) is 21.1 Å². The van der Waals surface area contributed by atoms with Gasteiger partial charge in [-0.15, -0.1) is 34.9 Å². The van der Waals surface area contributed by atoms with Crippen molar-refractivity contribution in [3.8, 4) is 0 Å². The van der Waals surface area contributed by atoms with Crippen LogP contribution in [0.3, 0.4) is 0 Å². The number of hydrogen-bond donors (Lipinski definition) is 5. The predicted octanol–water partition coefficient (Wildman–Crippen LogP) is -0.243. The average Bonchev–Trinajstić information content (AvgIpc) is 3.36. The number of hydrogen-bond acceptors (Lipinski definition) is 12. The number of carbonyl (C=O) groups is 5. The molecule has 0 radical (unpaired) electrons. The topological polar surface area (TPSA) is 231 Å². The molecule has 3 amide bonds. The van der Waals surface area contributed by atoms with E-state index >= 15 is 0 Å². The third-order valence-electron chi connectivity index (χ3n) is 6.99. The number of aromatic nitrogens is 2. The summed E-state index contributed by atoms with van der Waals surface area (Å²) in [6.45, 7) is 0.0351. The van der Waals surface area contributed by atoms with E-state index in [-0.39, 0.29) is 41.6 Å². The summed E-state index contributed by atoms with van der Waals surface area (Å²) < 4.78 is 1.62. The first-order chi connectivity index (χ1) is 20.5. The van der Waals surface area contributed by atoms with Gasteiger partial charge in [0.05, 0.1) is 0 Å². The minimum Gasteiger partial charge on any atom is -0.478 e. The number of anilines is 1. The lowest BCUT2D eigenvalue weighted by Crippen LogP contribution is -2.71. The molecular formula is C25H26N7O8S3+. The van der Waals surface area contributed by atoms with Gasteiger partial charge in [-0.25, -0.2) is 14.6 Å². The number of thioether (sulfide) groups is 2. The highest BCUT2D eigenvalue weighted by Crippen LogP contribution is 2.42. The maximum Gasteiger partial charge on any atom is 0.352 e. The number of primary amides is 1. The van der Waals surface area contributed by atoms with Crippen LogP contribution in [0.4, 0.5) is 5.13 Å². The van der Waals surface area contributed by atoms with Gasteiger partial charge in [-0.2, -0.15) is 4.57 Å². The highest BCUT2D eigenvalue weighted by molar-refractivity contribution is 8.01. The van der Waals surface area contributed by atoms with Crippen LogP contribution in [0.15, 0.2) is 51.2 Å². The Morgan fingerprint density at radius 3 is 2.53 bits per heavy atom. The van der Waals surface area contributed by atoms with Crippen molar-refractivity contribution in [3.05, 3.63) is 46.9 Å². The second-order valence-electron chi connectivity index (χ2n) is 9.83. The number of pyridine rings is 1. The summed E-state index contributed by atoms with van der Waals surface area (Å²) in [4.78, 5) is 72.9. The fraction of sp³-hybridized carbons (Fsp3) is 0.360. The number of nitrogens with zero attached hydrogens (tertiary/aromatic N) is 4. The van der Waals surface area contributed by atoms with E-state index in [1.165, 1.54) is 28.9 Å². The molecule has 18 heteroatoms. The molecule has 0 bridgehead atoms. The molecule has 226 valence electrons. The zero-order valence-electron chi connectivity index (χ0n) is 22.3. The SMILES string of the molecule is NC(=O)C[n+]1ccc(SCC2=C(C(=O)O)N3C(=O)[C@@H](NC(=O)C(=NOC4(C(=O)O)CCC4)c4csc(N)n4)[C@H]3SC2)cc1. The predicted molar refractivity (Wildman–Crippen MR) is 155 cm³/mol. The summed E-state index contributed by atoms with van der Waals surface area (Å²) in [7, 11) is 0. The smallest absolute Gasteiger partial charge is 0.352 e. The molecule has 1 saturated carbocycles. The van der Waals surface area contributed by atoms with Crippen LogP contribution >= 0.6 is 34.9 Å². The van der Waals surface area contributed by atoms with Crippen molar-refractivity contribution < 1.29 is 43.6 Å². The first kappa shape index (κ1) is 30.3. The summed E-state index contributed by atoms with van der Waals surface area (Å²) in [6.07, 6.45) is 4.44. The molecule has 2 fully saturated rings. The number of aliphatic carboxylic acids is 2. The summed E-state index contributed by atoms with van der Waals surface area (Å²) >= 11 is 3.72. The van der Waals surface area contributed by atoms with Crippen LogP contribution in [-0.2, 0) is 35.4 Å². The molecule has 2 atom stereocenters. The van der Waals surface area contributed by atoms with Crippen LogP contribution in [0, 0.1) is 0 Å². The fourth-order valence-corrected chi connectivity index (χ4v) is 7.49. The van der Waals surface area contributed by atoms with Crippen LogP contribution in [0.1, 0.15) is 25.0 Å². The Bertz CT molecular complexity index is 1550. The molecule has 3 aliphatic rings. The van der Waals surface area contributed by atoms with Crippen molar-refractivity contribution in [2.75, 3.05) is 17.2 Å². The summed E-state index contributed by atoms with van der Waals surface area (Å²) in [6, 6.07) is 2.49. The molecule has 15 nitrogen and oxygen atoms in total. The molecule has 0 unspecified atom stereocenters. The van der Waals surface area contributed by atoms with E-state index in [9.17, 15) is 34.2 Å². The van der Waals surface area contributed by atoms with E-state index < -0.39 is 46.7 Å². The molecule has 1 saturated heterocycles. The first-order valence-electron chi connectivity index (χ1n) is 12.8. The molecule has 2 aromatic rings. The van der Waals surface area contributed by atoms with E-state index in [1.807, 2.05) is 0 Å². The minimum absolute atomic E-state index is 0.0351. The van der Waals surface area contributed by atoms with Gasteiger partial charge in [0.25, 0.3) is 17.7 Å². The van der Waals surface area contributed by atoms with Gasteiger partial charge >= 0.3 is 11.9 Å². The van der Waals surface area contributed by atoms with E-state index in [0.29, 0.717) is 23.5 Å². The maximum atomic E-state index is 13.3. The number of thiazole rings is 1. The van der Waals surface area contributed by atoms with Crippen LogP contribution in [0.25, 0.3) is 0 Å². The Morgan fingerprint density at radius 1 is 1.26 bits per heavy atom. The lowest BCUT2D eigenvalue weighted by Gasteiger charge is -2.49. The molecule has 2 aromatic heterocycles. The highest BCUT2D eigenvalue weighted by Gasteiger charge is 2.54. The fourth-order valence-electron chi connectivity index (χ4n) is 4.58. The van der Waals surface area contributed by atoms with E-state index in [1.54, 1.807) is 29.1 Å². The van der Waals surface area contributed by atoms with Crippen molar-refractivity contribution in [1.29, 1.82) is 0 Å². The van der Waals surface area contributed by atoms with E-state index in [2.05, 4.69) is 15.5 Å². The third kappa shape index (κ3) is 6.16. The molecule has 2 aliphatic heterocycles. The van der Waals surface area contributed by atoms with Crippen LogP contribution < -0.4 is 21.4 Å². The van der Waals surface area contributed by atoms with Crippen LogP contribution in [-0.4, -0.2) is 84.0 Å². The highest BCUT2D eigenvalue weighted by atomic mass is 32.2. The van der Waals surface area contributed by atoms with Gasteiger partial charge < -0.3 is 31.8 Å². The number of nitrogens with one attached hydrogen (secondary N) is 1. The number of fused-ring (bicyclic) bond motifs is 1. The van der Waals surface area contributed by atoms with Gasteiger partial charge in [-0.05, 0) is 12.0 Å². The van der Waals surface area contributed by atoms with Crippen molar-refractivity contribution in [2.45, 2.75) is 47.7 Å². The first-order valence-corrected chi connectivity index (χ1v) is 15.7. The van der Waals surface area contributed by atoms with Gasteiger partial charge in [0.1, 0.15) is 22.8 Å². The van der Waals surface area contributed by atoms with Gasteiger partial charge in [-0.3, -0.25) is 19.3 Å². The second-order valence-corrected chi connectivity index (χ2v) is 12.9. The van der Waals surface area contributed by atoms with Crippen molar-refractivity contribution in [2.24, 2.45) is 10.9 Å². The normalized spacial score (nSPS) is 20.9. The Hall–Kier alpha value is -4.16. The van der Waals surface area contributed by atoms with Gasteiger partial charge in [0.2, 0.25) is 12.1 Å². The summed E-state index contributed by atoms with van der Waals surface area (Å²) in [5, 5.41) is 26.9. The number of nitrogens with two attached hydrogens (primary N) is 2. The van der Waals surface area contributed by atoms with Crippen LogP contribution in [0.2, 0.25) is 0 Å². The number of carboxylic acid groups (broad SMARTS) is 2. The average molecular weight is 649 g/mol. The van der Waals surface area contributed by atoms with Gasteiger partial charge in [-0.1, -0.05) is 5.16 Å². The monoisotopic (exact) mass is 648 g/mol. The van der Waals surface area contributed by atoms with Crippen molar-refractivity contribution in [1.82, 2.24) is 15.2 Å². The number of β-lactam (4-membered cyclic amide) rings is 1. The number of rotatable bonds is 12. The Labute approximate surface area is 256 Å². The van der Waals surface area contributed by atoms with E-state index in [4.69, 9.17) is 16.3 Å². The van der Waals surface area contributed by atoms with Crippen molar-refractivity contribution in [3.63, 3.8) is 0 Å². The lowest BCUT2D eigenvalue weighted by atomic mass is 9.80. The molecule has 1 aliphatic carbocycles. The number of carbonyl (C=O) groups excluding carboxylic acids is 3. The van der Waals surface area contributed by atoms with Crippen LogP contribution in [0.5, 0.6) is 0 Å². The molecule has 7 N–H and O–H groups in total. The van der Waals surface area contributed by atoms with Gasteiger partial charge in [0, 0.05) is 46.8 Å². The molecule has 43 heavy (non-hydrogen) atoms. The zero-order chi connectivity index (χ0) is 30.9. The zero-order valence-corrected chi connectivity index (χ0v) is 24.7. The Kier molecular flexibility index (Phi) is 8.61. The molecule has 0 aromatic carbocycles. The molecular weight excluding hydrogens is 623 g/mol. The molecule has 0 spiro atoms. The standard InChI is InChI=1S/C25H25N7O8S3/c26-15(33)8-31-6-2-13(3-7-31)41-9-12-10-42-21-17(20(35)32(21)18(12)22(36)37)29-19(34)16(14-11-43-24(27)28-14)30-40-25(23(38)39)4-1-5-25/h2-3,6-7,11,17,21H,1,4-5,8-10H2,(H6-,26,27,28,29,33,34,36,37,38,39)/p+1/t17-,21-/m1/s1. The summed E-state index contributed by atoms with van der Waals surface area (Å²) in [5.74, 6) is -3.80. The Balaban J connectivity index is 1.29. The number of amides is 3. The largest absolute Gasteiger partial charge is 0.478 e. The maximum absolute atomic E-state index is 13.3. The molecule has 5 rings (SSSR count). The lowest BCUT2D eigenvalue weighted by molar-refractivity contribution is -0.684. The number of carboxylic acids is 2. The third-order valence-corrected chi connectivity index (χ3v) is 10.1. The quantitative estimate of drug-likeness (QED) is 0.0660. The second kappa shape index (κ2) is 12.2. The summed E-state index contributed by atoms with van der Waals surface area (Å²) in [5.41, 5.74) is 9.48. The van der Waals surface area contributed by atoms with Gasteiger partial charge in [0.15, 0.2) is 23.2 Å². The number of nitrogen functional groups attached to an aromatic ring is 1. The minimum atomic E-state index is -1.55. The molecule has 4 heterocycles. The van der Waals surface area contributed by atoms with Crippen molar-refractivity contribution >= 4 is 75.4 Å². The Morgan fingerprint density at radius 2 is 1.98 bits per heavy atom.